The highest BCUT2D eigenvalue weighted by molar-refractivity contribution is 9.10. The second kappa shape index (κ2) is 2.93. The van der Waals surface area contributed by atoms with Gasteiger partial charge in [0.15, 0.2) is 0 Å². The summed E-state index contributed by atoms with van der Waals surface area (Å²) in [5, 5.41) is 0.0539. The van der Waals surface area contributed by atoms with E-state index in [-0.39, 0.29) is 16.5 Å². The normalized spacial score (nSPS) is 9.80. The molecule has 2 nitrogen and oxygen atoms in total. The Morgan fingerprint density at radius 2 is 1.60 bits per heavy atom. The van der Waals surface area contributed by atoms with E-state index in [1.807, 2.05) is 0 Å². The molecule has 0 saturated carbocycles. The van der Waals surface area contributed by atoms with Crippen LogP contribution in [0.2, 0.25) is 5.28 Å². The van der Waals surface area contributed by atoms with Crippen LogP contribution < -0.4 is 11.2 Å². The van der Waals surface area contributed by atoms with E-state index in [4.69, 9.17) is 27.3 Å². The predicted molar refractivity (Wildman–Crippen MR) is 45.5 cm³/mol. The smallest absolute Gasteiger partial charge is 0.221 e. The fourth-order valence-electron chi connectivity index (χ4n) is 0.453. The summed E-state index contributed by atoms with van der Waals surface area (Å²) in [6.45, 7) is 0. The van der Waals surface area contributed by atoms with Crippen molar-refractivity contribution in [2.24, 2.45) is 0 Å². The summed E-state index contributed by atoms with van der Waals surface area (Å²) in [6, 6.07) is 0. The van der Waals surface area contributed by atoms with E-state index < -0.39 is 0 Å². The van der Waals surface area contributed by atoms with Crippen molar-refractivity contribution in [2.45, 2.75) is 0 Å². The van der Waals surface area contributed by atoms with Gasteiger partial charge in [-0.05, 0) is 27.5 Å². The molecule has 0 aliphatic carbocycles. The number of halogens is 2. The van der Waals surface area contributed by atoms with Crippen LogP contribution in [-0.2, 0) is 0 Å². The summed E-state index contributed by atoms with van der Waals surface area (Å²) in [6.07, 6.45) is 0. The fourth-order valence-corrected chi connectivity index (χ4v) is 0.813. The molecule has 1 heterocycles. The molecule has 0 aliphatic rings. The van der Waals surface area contributed by atoms with Gasteiger partial charge in [0.2, 0.25) is 5.28 Å². The molecule has 10 heavy (non-hydrogen) atoms. The van der Waals surface area contributed by atoms with E-state index in [2.05, 4.69) is 25.9 Å². The third-order valence-electron chi connectivity index (χ3n) is 0.875. The molecule has 4 radical (unpaired) electrons. The molecule has 6 heteroatoms. The van der Waals surface area contributed by atoms with Gasteiger partial charge in [0.1, 0.15) is 15.7 Å². The van der Waals surface area contributed by atoms with Crippen LogP contribution in [0.4, 0.5) is 0 Å². The van der Waals surface area contributed by atoms with Crippen molar-refractivity contribution in [1.82, 2.24) is 9.97 Å². The average molecular weight is 213 g/mol. The zero-order valence-corrected chi connectivity index (χ0v) is 7.15. The third-order valence-corrected chi connectivity index (χ3v) is 1.86. The number of hydrogen-bond donors (Lipinski definition) is 0. The predicted octanol–water partition coefficient (Wildman–Crippen LogP) is -0.520. The number of aromatic nitrogens is 2. The minimum Gasteiger partial charge on any atom is -0.234 e. The van der Waals surface area contributed by atoms with E-state index in [9.17, 15) is 0 Å². The molecular formula is C4B2BrClN2. The van der Waals surface area contributed by atoms with Gasteiger partial charge in [-0.3, -0.25) is 0 Å². The lowest BCUT2D eigenvalue weighted by molar-refractivity contribution is 1.22. The van der Waals surface area contributed by atoms with Gasteiger partial charge in [0, 0.05) is 15.7 Å². The molecule has 0 fully saturated rings. The highest BCUT2D eigenvalue weighted by Crippen LogP contribution is 2.00. The molecule has 0 bridgehead atoms. The van der Waals surface area contributed by atoms with Gasteiger partial charge in [-0.25, -0.2) is 9.97 Å². The molecule has 0 spiro atoms. The number of nitrogens with zero attached hydrogens (tertiary/aromatic N) is 2. The molecule has 1 aromatic rings. The highest BCUT2D eigenvalue weighted by Gasteiger charge is 2.01. The Morgan fingerprint density at radius 1 is 1.20 bits per heavy atom. The van der Waals surface area contributed by atoms with Gasteiger partial charge in [-0.2, -0.15) is 0 Å². The van der Waals surface area contributed by atoms with Crippen LogP contribution in [0.3, 0.4) is 0 Å². The molecule has 0 atom stereocenters. The van der Waals surface area contributed by atoms with Crippen LogP contribution in [0.1, 0.15) is 0 Å². The Morgan fingerprint density at radius 3 is 2.00 bits per heavy atom. The maximum absolute atomic E-state index is 5.42. The van der Waals surface area contributed by atoms with Crippen LogP contribution in [0.25, 0.3) is 0 Å². The topological polar surface area (TPSA) is 25.8 Å². The summed E-state index contributed by atoms with van der Waals surface area (Å²) in [5.74, 6) is 0. The first-order valence-corrected chi connectivity index (χ1v) is 3.52. The third kappa shape index (κ3) is 1.52. The molecule has 0 N–H and O–H groups in total. The Kier molecular flexibility index (Phi) is 2.36. The second-order valence-corrected chi connectivity index (χ2v) is 2.71. The molecule has 1 rings (SSSR count). The van der Waals surface area contributed by atoms with Gasteiger partial charge >= 0.3 is 0 Å². The van der Waals surface area contributed by atoms with Crippen molar-refractivity contribution >= 4 is 54.4 Å². The summed E-state index contributed by atoms with van der Waals surface area (Å²) >= 11 is 8.50. The fraction of sp³-hybridized carbons (Fsp3) is 0. The van der Waals surface area contributed by atoms with Gasteiger partial charge in [0.05, 0.1) is 0 Å². The van der Waals surface area contributed by atoms with Crippen LogP contribution in [-0.4, -0.2) is 25.7 Å². The molecule has 0 aliphatic heterocycles. The van der Waals surface area contributed by atoms with E-state index >= 15 is 0 Å². The minimum atomic E-state index is 0.0539. The lowest BCUT2D eigenvalue weighted by Crippen LogP contribution is -2.23. The summed E-state index contributed by atoms with van der Waals surface area (Å²) in [7, 11) is 10.7. The van der Waals surface area contributed by atoms with Gasteiger partial charge in [-0.15, -0.1) is 0 Å². The molecular weight excluding hydrogens is 213 g/mol. The minimum absolute atomic E-state index is 0.0539. The first-order chi connectivity index (χ1) is 4.61. The number of rotatable bonds is 0. The van der Waals surface area contributed by atoms with Gasteiger partial charge in [-0.1, -0.05) is 0 Å². The molecule has 0 saturated heterocycles. The zero-order chi connectivity index (χ0) is 7.72. The van der Waals surface area contributed by atoms with Crippen molar-refractivity contribution in [3.05, 3.63) is 9.76 Å². The van der Waals surface area contributed by atoms with Crippen LogP contribution in [0.15, 0.2) is 4.47 Å². The van der Waals surface area contributed by atoms with E-state index in [0.29, 0.717) is 4.47 Å². The van der Waals surface area contributed by atoms with Crippen molar-refractivity contribution in [1.29, 1.82) is 0 Å². The molecule has 1 aromatic heterocycles. The van der Waals surface area contributed by atoms with Crippen LogP contribution in [0, 0.1) is 0 Å². The maximum Gasteiger partial charge on any atom is 0.221 e. The quantitative estimate of drug-likeness (QED) is 0.428. The first kappa shape index (κ1) is 8.08. The van der Waals surface area contributed by atoms with Crippen LogP contribution in [0.5, 0.6) is 0 Å². The summed E-state index contributed by atoms with van der Waals surface area (Å²) < 4.78 is 0.483. The lowest BCUT2D eigenvalue weighted by atomic mass is 9.97. The average Bonchev–Trinajstić information content (AvgIpc) is 1.82. The second-order valence-electron chi connectivity index (χ2n) is 1.58. The zero-order valence-electron chi connectivity index (χ0n) is 4.81. The van der Waals surface area contributed by atoms with Crippen LogP contribution >= 0.6 is 27.5 Å². The van der Waals surface area contributed by atoms with Gasteiger partial charge in [0.25, 0.3) is 0 Å². The highest BCUT2D eigenvalue weighted by atomic mass is 79.9. The number of hydrogen-bond acceptors (Lipinski definition) is 2. The summed E-state index contributed by atoms with van der Waals surface area (Å²) in [5.41, 5.74) is 0.495. The van der Waals surface area contributed by atoms with E-state index in [1.165, 1.54) is 0 Å². The Hall–Kier alpha value is -0.0201. The lowest BCUT2D eigenvalue weighted by Gasteiger charge is -2.00. The monoisotopic (exact) mass is 212 g/mol. The van der Waals surface area contributed by atoms with E-state index in [0.717, 1.165) is 0 Å². The molecule has 0 amide bonds. The van der Waals surface area contributed by atoms with Crippen molar-refractivity contribution in [2.75, 3.05) is 0 Å². The maximum atomic E-state index is 5.42. The molecule has 0 aromatic carbocycles. The molecule has 46 valence electrons. The molecule has 0 unspecified atom stereocenters. The Bertz CT molecular complexity index is 244. The SMILES string of the molecule is [B]c1nc(Cl)nc([B])c1Br. The Labute approximate surface area is 74.3 Å². The van der Waals surface area contributed by atoms with Crippen molar-refractivity contribution < 1.29 is 0 Å². The first-order valence-electron chi connectivity index (χ1n) is 2.35. The van der Waals surface area contributed by atoms with Crippen molar-refractivity contribution in [3.8, 4) is 0 Å². The largest absolute Gasteiger partial charge is 0.234 e. The van der Waals surface area contributed by atoms with Gasteiger partial charge < -0.3 is 0 Å². The standard InChI is InChI=1S/C4B2BrClN2/c5-2-1(7)3(6)10-4(8)9-2. The summed E-state index contributed by atoms with van der Waals surface area (Å²) in [4.78, 5) is 7.28. The van der Waals surface area contributed by atoms with E-state index in [1.54, 1.807) is 0 Å². The van der Waals surface area contributed by atoms with Crippen molar-refractivity contribution in [3.63, 3.8) is 0 Å². The Balaban J connectivity index is 3.31.